The van der Waals surface area contributed by atoms with Crippen molar-refractivity contribution in [2.24, 2.45) is 11.8 Å². The molecule has 2 amide bonds. The summed E-state index contributed by atoms with van der Waals surface area (Å²) in [6.45, 7) is 2.60. The van der Waals surface area contributed by atoms with Crippen LogP contribution in [0.2, 0.25) is 0 Å². The molecule has 3 rings (SSSR count). The van der Waals surface area contributed by atoms with Crippen LogP contribution >= 0.6 is 15.9 Å². The second kappa shape index (κ2) is 7.21. The van der Waals surface area contributed by atoms with E-state index in [0.29, 0.717) is 32.8 Å². The van der Waals surface area contributed by atoms with Crippen LogP contribution in [-0.4, -0.2) is 62.1 Å². The number of ether oxygens (including phenoxy) is 2. The molecule has 0 N–H and O–H groups in total. The number of amides is 2. The van der Waals surface area contributed by atoms with Crippen LogP contribution in [0.15, 0.2) is 22.7 Å². The van der Waals surface area contributed by atoms with Gasteiger partial charge >= 0.3 is 0 Å². The Labute approximate surface area is 149 Å². The summed E-state index contributed by atoms with van der Waals surface area (Å²) in [6.07, 6.45) is 0. The summed E-state index contributed by atoms with van der Waals surface area (Å²) in [4.78, 5) is 28.5. The maximum atomic E-state index is 12.5. The summed E-state index contributed by atoms with van der Waals surface area (Å²) in [5.41, 5.74) is 1.04. The molecule has 0 radical (unpaired) electrons. The molecule has 2 aliphatic rings. The van der Waals surface area contributed by atoms with Gasteiger partial charge in [-0.2, -0.15) is 0 Å². The molecule has 0 unspecified atom stereocenters. The quantitative estimate of drug-likeness (QED) is 0.682. The largest absolute Gasteiger partial charge is 0.496 e. The van der Waals surface area contributed by atoms with E-state index in [1.807, 2.05) is 18.2 Å². The first-order valence-electron chi connectivity index (χ1n) is 7.94. The number of fused-ring (bicyclic) bond motifs is 1. The minimum atomic E-state index is -0.229. The van der Waals surface area contributed by atoms with Gasteiger partial charge in [-0.3, -0.25) is 19.4 Å². The first kappa shape index (κ1) is 17.4. The van der Waals surface area contributed by atoms with Crippen molar-refractivity contribution >= 4 is 27.7 Å². The minimum Gasteiger partial charge on any atom is -0.496 e. The van der Waals surface area contributed by atoms with Crippen LogP contribution in [-0.2, 0) is 20.9 Å². The highest BCUT2D eigenvalue weighted by molar-refractivity contribution is 9.10. The van der Waals surface area contributed by atoms with Gasteiger partial charge in [0.15, 0.2) is 0 Å². The van der Waals surface area contributed by atoms with Crippen LogP contribution in [0.25, 0.3) is 0 Å². The van der Waals surface area contributed by atoms with Crippen LogP contribution in [0.4, 0.5) is 0 Å². The fourth-order valence-corrected chi connectivity index (χ4v) is 3.95. The zero-order valence-corrected chi connectivity index (χ0v) is 15.4. The highest BCUT2D eigenvalue weighted by atomic mass is 79.9. The van der Waals surface area contributed by atoms with Crippen LogP contribution in [0, 0.1) is 11.8 Å². The van der Waals surface area contributed by atoms with E-state index >= 15 is 0 Å². The van der Waals surface area contributed by atoms with Crippen molar-refractivity contribution in [3.8, 4) is 5.75 Å². The predicted octanol–water partition coefficient (Wildman–Crippen LogP) is 1.52. The third-order valence-electron chi connectivity index (χ3n) is 4.72. The molecule has 6 nitrogen and oxygen atoms in total. The number of benzene rings is 1. The molecule has 2 saturated heterocycles. The van der Waals surface area contributed by atoms with E-state index in [0.717, 1.165) is 15.8 Å². The normalized spacial score (nSPS) is 23.9. The van der Waals surface area contributed by atoms with Gasteiger partial charge in [0.2, 0.25) is 11.8 Å². The Kier molecular flexibility index (Phi) is 5.22. The lowest BCUT2D eigenvalue weighted by molar-refractivity contribution is -0.141. The van der Waals surface area contributed by atoms with Gasteiger partial charge in [-0.05, 0) is 18.2 Å². The van der Waals surface area contributed by atoms with Crippen molar-refractivity contribution in [1.29, 1.82) is 0 Å². The molecule has 1 aromatic carbocycles. The zero-order valence-electron chi connectivity index (χ0n) is 13.8. The van der Waals surface area contributed by atoms with Gasteiger partial charge in [0.05, 0.1) is 32.1 Å². The highest BCUT2D eigenvalue weighted by Crippen LogP contribution is 2.35. The Morgan fingerprint density at radius 3 is 2.42 bits per heavy atom. The van der Waals surface area contributed by atoms with Gasteiger partial charge in [0.25, 0.3) is 0 Å². The maximum absolute atomic E-state index is 12.5. The Balaban J connectivity index is 1.69. The average molecular weight is 397 g/mol. The van der Waals surface area contributed by atoms with E-state index < -0.39 is 0 Å². The Morgan fingerprint density at radius 1 is 1.17 bits per heavy atom. The summed E-state index contributed by atoms with van der Waals surface area (Å²) in [6, 6.07) is 5.86. The topological polar surface area (TPSA) is 59.1 Å². The number of hydrogen-bond donors (Lipinski definition) is 0. The molecule has 0 aliphatic carbocycles. The van der Waals surface area contributed by atoms with Crippen molar-refractivity contribution in [3.63, 3.8) is 0 Å². The predicted molar refractivity (Wildman–Crippen MR) is 91.5 cm³/mol. The standard InChI is InChI=1S/C17H21BrN2O4/c1-23-6-5-20-16(21)13-9-19(10-14(13)17(20)22)8-11-7-12(18)3-4-15(11)24-2/h3-4,7,13-14H,5-6,8-10H2,1-2H3/t13-,14+. The molecular formula is C17H21BrN2O4. The Bertz CT molecular complexity index is 627. The van der Waals surface area contributed by atoms with Crippen LogP contribution in [0.3, 0.4) is 0 Å². The number of carbonyl (C=O) groups excluding carboxylic acids is 2. The Hall–Kier alpha value is -1.44. The van der Waals surface area contributed by atoms with Crippen molar-refractivity contribution in [2.45, 2.75) is 6.54 Å². The second-order valence-electron chi connectivity index (χ2n) is 6.18. The fourth-order valence-electron chi connectivity index (χ4n) is 3.54. The molecule has 7 heteroatoms. The number of carbonyl (C=O) groups is 2. The third kappa shape index (κ3) is 3.20. The lowest BCUT2D eigenvalue weighted by atomic mass is 10.00. The van der Waals surface area contributed by atoms with Crippen LogP contribution < -0.4 is 4.74 Å². The van der Waals surface area contributed by atoms with E-state index in [2.05, 4.69) is 20.8 Å². The molecule has 2 heterocycles. The summed E-state index contributed by atoms with van der Waals surface area (Å²) in [5, 5.41) is 0. The molecule has 2 atom stereocenters. The lowest BCUT2D eigenvalue weighted by Gasteiger charge is -2.21. The van der Waals surface area contributed by atoms with E-state index in [9.17, 15) is 9.59 Å². The molecule has 0 bridgehead atoms. The molecule has 0 spiro atoms. The molecule has 0 saturated carbocycles. The Morgan fingerprint density at radius 2 is 1.83 bits per heavy atom. The number of nitrogens with zero attached hydrogens (tertiary/aromatic N) is 2. The van der Waals surface area contributed by atoms with Crippen molar-refractivity contribution in [2.75, 3.05) is 40.5 Å². The van der Waals surface area contributed by atoms with Gasteiger partial charge in [0, 0.05) is 36.8 Å². The number of hydrogen-bond acceptors (Lipinski definition) is 5. The van der Waals surface area contributed by atoms with Crippen molar-refractivity contribution < 1.29 is 19.1 Å². The molecule has 0 aromatic heterocycles. The van der Waals surface area contributed by atoms with Gasteiger partial charge in [-0.25, -0.2) is 0 Å². The third-order valence-corrected chi connectivity index (χ3v) is 5.21. The first-order chi connectivity index (χ1) is 11.5. The number of methoxy groups -OCH3 is 2. The van der Waals surface area contributed by atoms with Crippen molar-refractivity contribution in [1.82, 2.24) is 9.80 Å². The molecule has 2 aliphatic heterocycles. The molecular weight excluding hydrogens is 376 g/mol. The number of halogens is 1. The smallest absolute Gasteiger partial charge is 0.234 e. The highest BCUT2D eigenvalue weighted by Gasteiger charge is 2.51. The van der Waals surface area contributed by atoms with Crippen LogP contribution in [0.5, 0.6) is 5.75 Å². The van der Waals surface area contributed by atoms with E-state index in [-0.39, 0.29) is 23.7 Å². The summed E-state index contributed by atoms with van der Waals surface area (Å²) in [5.74, 6) is 0.228. The average Bonchev–Trinajstić information content (AvgIpc) is 3.06. The molecule has 1 aromatic rings. The summed E-state index contributed by atoms with van der Waals surface area (Å²) >= 11 is 3.47. The van der Waals surface area contributed by atoms with E-state index in [4.69, 9.17) is 9.47 Å². The number of rotatable bonds is 6. The molecule has 2 fully saturated rings. The number of imide groups is 1. The van der Waals surface area contributed by atoms with Crippen LogP contribution in [0.1, 0.15) is 5.56 Å². The van der Waals surface area contributed by atoms with Crippen molar-refractivity contribution in [3.05, 3.63) is 28.2 Å². The van der Waals surface area contributed by atoms with Gasteiger partial charge in [-0.15, -0.1) is 0 Å². The fraction of sp³-hybridized carbons (Fsp3) is 0.529. The minimum absolute atomic E-state index is 0.0641. The molecule has 24 heavy (non-hydrogen) atoms. The monoisotopic (exact) mass is 396 g/mol. The second-order valence-corrected chi connectivity index (χ2v) is 7.10. The van der Waals surface area contributed by atoms with Gasteiger partial charge in [-0.1, -0.05) is 15.9 Å². The number of likely N-dealkylation sites (tertiary alicyclic amines) is 2. The zero-order chi connectivity index (χ0) is 17.3. The summed E-state index contributed by atoms with van der Waals surface area (Å²) in [7, 11) is 3.21. The molecule has 130 valence electrons. The maximum Gasteiger partial charge on any atom is 0.234 e. The van der Waals surface area contributed by atoms with E-state index in [1.54, 1.807) is 14.2 Å². The SMILES string of the molecule is COCCN1C(=O)[C@H]2CN(Cc3cc(Br)ccc3OC)C[C@H]2C1=O. The van der Waals surface area contributed by atoms with Gasteiger partial charge in [0.1, 0.15) is 5.75 Å². The first-order valence-corrected chi connectivity index (χ1v) is 8.73. The van der Waals surface area contributed by atoms with E-state index in [1.165, 1.54) is 4.90 Å². The summed E-state index contributed by atoms with van der Waals surface area (Å²) < 4.78 is 11.4. The lowest BCUT2D eigenvalue weighted by Crippen LogP contribution is -2.37. The van der Waals surface area contributed by atoms with Gasteiger partial charge < -0.3 is 9.47 Å².